The Balaban J connectivity index is 0.000000122. The van der Waals surface area contributed by atoms with Crippen LogP contribution in [0.3, 0.4) is 0 Å². The first-order chi connectivity index (χ1) is 35.9. The van der Waals surface area contributed by atoms with Gasteiger partial charge in [0, 0.05) is 13.0 Å². The van der Waals surface area contributed by atoms with Gasteiger partial charge in [0.1, 0.15) is 6.10 Å². The highest BCUT2D eigenvalue weighted by atomic mass is 16.5. The Morgan fingerprint density at radius 1 is 0.541 bits per heavy atom. The molecular weight excluding hydrogens is 901 g/mol. The molecule has 0 saturated carbocycles. The highest BCUT2D eigenvalue weighted by Gasteiger charge is 2.35. The van der Waals surface area contributed by atoms with E-state index in [1.54, 1.807) is 22.3 Å². The zero-order valence-corrected chi connectivity index (χ0v) is 46.1. The van der Waals surface area contributed by atoms with Crippen molar-refractivity contribution in [1.29, 1.82) is 0 Å². The van der Waals surface area contributed by atoms with Gasteiger partial charge in [-0.1, -0.05) is 207 Å². The zero-order chi connectivity index (χ0) is 51.9. The van der Waals surface area contributed by atoms with E-state index in [-0.39, 0.29) is 17.5 Å². The lowest BCUT2D eigenvalue weighted by Crippen LogP contribution is -2.31. The molecule has 0 radical (unpaired) electrons. The standard InChI is InChI=1S/C21H26O.C20H20.C16H18.C14H18O2/c1-3-16(2)18-10-8-17(9-11-18)15-22-13-12-20-14-19-6-4-5-7-21(19)20;1-3-13(2)18-12-20-17(18)9-8-16-10-14-6-4-5-7-15(14)11-19(16)20;1-3-11(2)15-10-16-13-7-5-4-6-12(13)8-9-14(15)16;1-4-14(2,3)13(15)16-12-9-10-7-5-6-8-11(10)12/h4-11,16,20H,3,12-15H2,1-2H3;4-11,13,18H,3,12H2,1-2H3;4-9,11,15H,3,10H2,1-2H3;5-8,12H,4,9H2,1-3H3. The summed E-state index contributed by atoms with van der Waals surface area (Å²) in [4.78, 5) is 11.9. The van der Waals surface area contributed by atoms with Crippen molar-refractivity contribution in [3.05, 3.63) is 213 Å². The summed E-state index contributed by atoms with van der Waals surface area (Å²) in [6, 6.07) is 57.3. The molecule has 3 heteroatoms. The topological polar surface area (TPSA) is 35.5 Å². The molecule has 0 amide bonds. The lowest BCUT2D eigenvalue weighted by molar-refractivity contribution is -0.161. The van der Waals surface area contributed by atoms with Gasteiger partial charge in [-0.25, -0.2) is 0 Å². The van der Waals surface area contributed by atoms with Crippen molar-refractivity contribution in [2.75, 3.05) is 6.61 Å². The van der Waals surface area contributed by atoms with E-state index in [4.69, 9.17) is 9.47 Å². The van der Waals surface area contributed by atoms with Crippen molar-refractivity contribution in [3.8, 4) is 0 Å². The fourth-order valence-electron chi connectivity index (χ4n) is 11.5. The minimum absolute atomic E-state index is 0.0190. The van der Waals surface area contributed by atoms with Crippen molar-refractivity contribution in [2.45, 2.75) is 156 Å². The summed E-state index contributed by atoms with van der Waals surface area (Å²) < 4.78 is 11.4. The number of rotatable bonds is 14. The number of ether oxygens (including phenoxy) is 2. The number of hydrogen-bond donors (Lipinski definition) is 0. The lowest BCUT2D eigenvalue weighted by Gasteiger charge is -2.35. The van der Waals surface area contributed by atoms with Crippen LogP contribution in [0.1, 0.15) is 180 Å². The fraction of sp³-hybridized carbons (Fsp3) is 0.394. The monoisotopic (exact) mass is 983 g/mol. The molecule has 0 fully saturated rings. The van der Waals surface area contributed by atoms with Crippen molar-refractivity contribution in [1.82, 2.24) is 0 Å². The second-order valence-electron chi connectivity index (χ2n) is 22.8. The van der Waals surface area contributed by atoms with E-state index in [0.717, 1.165) is 56.1 Å². The molecule has 0 aliphatic heterocycles. The van der Waals surface area contributed by atoms with Gasteiger partial charge < -0.3 is 9.47 Å². The van der Waals surface area contributed by atoms with Gasteiger partial charge in [0.05, 0.1) is 12.0 Å². The highest BCUT2D eigenvalue weighted by Crippen LogP contribution is 2.47. The van der Waals surface area contributed by atoms with Gasteiger partial charge in [-0.2, -0.15) is 0 Å². The molecule has 7 atom stereocenters. The van der Waals surface area contributed by atoms with Crippen LogP contribution in [0.2, 0.25) is 0 Å². The van der Waals surface area contributed by atoms with Crippen LogP contribution in [0, 0.1) is 17.3 Å². The van der Waals surface area contributed by atoms with Crippen LogP contribution in [0.4, 0.5) is 0 Å². The number of carbonyl (C=O) groups is 1. The molecule has 8 aromatic rings. The number of carbonyl (C=O) groups excluding carboxylic acids is 1. The van der Waals surface area contributed by atoms with Gasteiger partial charge in [-0.3, -0.25) is 4.79 Å². The Hall–Kier alpha value is -6.03. The molecule has 0 saturated heterocycles. The molecule has 12 rings (SSSR count). The van der Waals surface area contributed by atoms with Crippen LogP contribution in [0.5, 0.6) is 0 Å². The summed E-state index contributed by atoms with van der Waals surface area (Å²) in [6.07, 6.45) is 10.3. The minimum Gasteiger partial charge on any atom is -0.457 e. The maximum absolute atomic E-state index is 11.9. The van der Waals surface area contributed by atoms with Crippen LogP contribution in [-0.2, 0) is 46.6 Å². The van der Waals surface area contributed by atoms with Crippen molar-refractivity contribution in [3.63, 3.8) is 0 Å². The van der Waals surface area contributed by atoms with Crippen LogP contribution in [0.15, 0.2) is 158 Å². The molecule has 0 N–H and O–H groups in total. The molecule has 0 heterocycles. The maximum atomic E-state index is 11.9. The summed E-state index contributed by atoms with van der Waals surface area (Å²) in [5.41, 5.74) is 14.3. The molecule has 7 unspecified atom stereocenters. The number of hydrogen-bond acceptors (Lipinski definition) is 3. The van der Waals surface area contributed by atoms with Gasteiger partial charge in [-0.05, 0) is 188 Å². The highest BCUT2D eigenvalue weighted by molar-refractivity contribution is 6.00. The van der Waals surface area contributed by atoms with E-state index in [2.05, 4.69) is 181 Å². The summed E-state index contributed by atoms with van der Waals surface area (Å²) in [6.45, 7) is 21.3. The van der Waals surface area contributed by atoms with E-state index in [1.165, 1.54) is 104 Å². The average Bonchev–Trinajstić information content (AvgIpc) is 3.40. The molecule has 0 aromatic heterocycles. The van der Waals surface area contributed by atoms with E-state index in [0.29, 0.717) is 11.8 Å². The van der Waals surface area contributed by atoms with Gasteiger partial charge >= 0.3 is 5.97 Å². The first-order valence-electron chi connectivity index (χ1n) is 28.4. The second-order valence-corrected chi connectivity index (χ2v) is 22.8. The number of benzene rings is 8. The predicted octanol–water partition coefficient (Wildman–Crippen LogP) is 18.9. The van der Waals surface area contributed by atoms with Crippen LogP contribution < -0.4 is 0 Å². The Bertz CT molecular complexity index is 3180. The molecule has 4 aliphatic carbocycles. The Kier molecular flexibility index (Phi) is 16.9. The van der Waals surface area contributed by atoms with Crippen molar-refractivity contribution >= 4 is 38.3 Å². The lowest BCUT2D eigenvalue weighted by atomic mass is 9.69. The van der Waals surface area contributed by atoms with Gasteiger partial charge in [-0.15, -0.1) is 0 Å². The molecule has 3 nitrogen and oxygen atoms in total. The van der Waals surface area contributed by atoms with Crippen LogP contribution in [-0.4, -0.2) is 12.6 Å². The molecule has 4 aliphatic rings. The molecule has 8 aromatic carbocycles. The van der Waals surface area contributed by atoms with Gasteiger partial charge in [0.2, 0.25) is 0 Å². The summed E-state index contributed by atoms with van der Waals surface area (Å²) in [5, 5.41) is 8.44. The first-order valence-corrected chi connectivity index (χ1v) is 28.4. The quantitative estimate of drug-likeness (QED) is 0.0619. The Labute approximate surface area is 444 Å². The Morgan fingerprint density at radius 2 is 1.09 bits per heavy atom. The molecule has 74 heavy (non-hydrogen) atoms. The third-order valence-corrected chi connectivity index (χ3v) is 17.9. The zero-order valence-electron chi connectivity index (χ0n) is 46.1. The number of esters is 1. The van der Waals surface area contributed by atoms with Crippen LogP contribution >= 0.6 is 0 Å². The maximum Gasteiger partial charge on any atom is 0.312 e. The molecule has 0 spiro atoms. The van der Waals surface area contributed by atoms with E-state index in [9.17, 15) is 4.79 Å². The second kappa shape index (κ2) is 23.7. The van der Waals surface area contributed by atoms with Gasteiger partial charge in [0.15, 0.2) is 0 Å². The third-order valence-electron chi connectivity index (χ3n) is 17.9. The summed E-state index contributed by atoms with van der Waals surface area (Å²) in [7, 11) is 0. The van der Waals surface area contributed by atoms with E-state index in [1.807, 2.05) is 39.0 Å². The SMILES string of the molecule is CCC(C)(C)C(=O)OC1Cc2ccccc21.CCC(C)C1Cc2c1ccc1cc3ccccc3cc21.CCC(C)C1Cc2c1ccc1ccccc21.CCC(C)c1ccc(COCCC2Cc3ccccc32)cc1. The largest absolute Gasteiger partial charge is 0.457 e. The Morgan fingerprint density at radius 3 is 1.70 bits per heavy atom. The molecule has 0 bridgehead atoms. The number of fused-ring (bicyclic) bond motifs is 9. The van der Waals surface area contributed by atoms with E-state index >= 15 is 0 Å². The first kappa shape index (κ1) is 52.8. The van der Waals surface area contributed by atoms with Crippen molar-refractivity contribution < 1.29 is 14.3 Å². The smallest absolute Gasteiger partial charge is 0.312 e. The van der Waals surface area contributed by atoms with Gasteiger partial charge in [0.25, 0.3) is 0 Å². The molecular formula is C71H82O3. The fourth-order valence-corrected chi connectivity index (χ4v) is 11.5. The molecule has 384 valence electrons. The average molecular weight is 983 g/mol. The predicted molar refractivity (Wildman–Crippen MR) is 313 cm³/mol. The summed E-state index contributed by atoms with van der Waals surface area (Å²) >= 11 is 0. The van der Waals surface area contributed by atoms with Crippen molar-refractivity contribution in [2.24, 2.45) is 17.3 Å². The van der Waals surface area contributed by atoms with Crippen LogP contribution in [0.25, 0.3) is 32.3 Å². The normalized spacial score (nSPS) is 18.7. The minimum atomic E-state index is -0.371. The van der Waals surface area contributed by atoms with E-state index < -0.39 is 0 Å². The third kappa shape index (κ3) is 11.4. The summed E-state index contributed by atoms with van der Waals surface area (Å²) in [5.74, 6) is 4.50.